The minimum absolute atomic E-state index is 0.622. The molecule has 2 aromatic carbocycles. The summed E-state index contributed by atoms with van der Waals surface area (Å²) in [5.74, 6) is 2.40. The van der Waals surface area contributed by atoms with Crippen LogP contribution in [0.4, 0.5) is 0 Å². The van der Waals surface area contributed by atoms with Gasteiger partial charge in [0.25, 0.3) is 0 Å². The van der Waals surface area contributed by atoms with Gasteiger partial charge in [-0.1, -0.05) is 36.4 Å². The molecule has 0 aromatic heterocycles. The minimum atomic E-state index is 0.622. The Kier molecular flexibility index (Phi) is 7.63. The maximum atomic E-state index is 5.97. The van der Waals surface area contributed by atoms with Gasteiger partial charge in [-0.15, -0.1) is 0 Å². The van der Waals surface area contributed by atoms with Gasteiger partial charge in [0, 0.05) is 32.3 Å². The summed E-state index contributed by atoms with van der Waals surface area (Å²) in [6, 6.07) is 17.8. The molecule has 0 spiro atoms. The first-order valence-electron chi connectivity index (χ1n) is 8.16. The van der Waals surface area contributed by atoms with Crippen LogP contribution in [0.1, 0.15) is 12.5 Å². The third kappa shape index (κ3) is 5.93. The summed E-state index contributed by atoms with van der Waals surface area (Å²) >= 11 is 0. The Labute approximate surface area is 143 Å². The number of nitrogens with zero attached hydrogens (tertiary/aromatic N) is 1. The van der Waals surface area contributed by atoms with Crippen LogP contribution in [0.2, 0.25) is 0 Å². The number of hydrogen-bond donors (Lipinski definition) is 2. The first-order chi connectivity index (χ1) is 11.8. The highest BCUT2D eigenvalue weighted by molar-refractivity contribution is 5.79. The largest absolute Gasteiger partial charge is 0.457 e. The third-order valence-corrected chi connectivity index (χ3v) is 3.36. The number of nitrogens with one attached hydrogen (secondary N) is 2. The number of ether oxygens (including phenoxy) is 2. The summed E-state index contributed by atoms with van der Waals surface area (Å²) in [5, 5.41) is 6.51. The molecule has 0 saturated carbocycles. The summed E-state index contributed by atoms with van der Waals surface area (Å²) < 4.78 is 11.3. The molecule has 0 aliphatic heterocycles. The summed E-state index contributed by atoms with van der Waals surface area (Å²) in [4.78, 5) is 4.21. The third-order valence-electron chi connectivity index (χ3n) is 3.36. The smallest absolute Gasteiger partial charge is 0.191 e. The average Bonchev–Trinajstić information content (AvgIpc) is 2.63. The fraction of sp³-hybridized carbons (Fsp3) is 0.316. The molecule has 0 unspecified atom stereocenters. The zero-order valence-electron chi connectivity index (χ0n) is 14.3. The van der Waals surface area contributed by atoms with E-state index in [1.54, 1.807) is 7.05 Å². The lowest BCUT2D eigenvalue weighted by molar-refractivity contribution is 0.152. The predicted octanol–water partition coefficient (Wildman–Crippen LogP) is 3.18. The van der Waals surface area contributed by atoms with Crippen molar-refractivity contribution in [3.05, 3.63) is 60.2 Å². The number of benzene rings is 2. The van der Waals surface area contributed by atoms with Crippen LogP contribution in [0.3, 0.4) is 0 Å². The van der Waals surface area contributed by atoms with Crippen molar-refractivity contribution in [2.24, 2.45) is 4.99 Å². The SMILES string of the molecule is CCOCCNC(=NC)NCc1ccccc1Oc1ccccc1. The highest BCUT2D eigenvalue weighted by atomic mass is 16.5. The Morgan fingerprint density at radius 1 is 1.00 bits per heavy atom. The topological polar surface area (TPSA) is 54.9 Å². The number of rotatable bonds is 8. The summed E-state index contributed by atoms with van der Waals surface area (Å²) in [6.45, 7) is 4.70. The molecule has 2 rings (SSSR count). The quantitative estimate of drug-likeness (QED) is 0.444. The van der Waals surface area contributed by atoms with Crippen molar-refractivity contribution in [2.45, 2.75) is 13.5 Å². The Morgan fingerprint density at radius 2 is 1.75 bits per heavy atom. The molecule has 0 radical (unpaired) electrons. The molecule has 0 aliphatic rings. The molecule has 0 heterocycles. The van der Waals surface area contributed by atoms with Crippen molar-refractivity contribution in [2.75, 3.05) is 26.8 Å². The number of aliphatic imine (C=N–C) groups is 1. The van der Waals surface area contributed by atoms with E-state index in [9.17, 15) is 0 Å². The van der Waals surface area contributed by atoms with Crippen molar-refractivity contribution < 1.29 is 9.47 Å². The molecule has 5 nitrogen and oxygen atoms in total. The maximum Gasteiger partial charge on any atom is 0.191 e. The van der Waals surface area contributed by atoms with Gasteiger partial charge in [0.2, 0.25) is 0 Å². The molecule has 0 saturated heterocycles. The van der Waals surface area contributed by atoms with Crippen LogP contribution in [0.15, 0.2) is 59.6 Å². The van der Waals surface area contributed by atoms with E-state index in [4.69, 9.17) is 9.47 Å². The molecule has 0 bridgehead atoms. The van der Waals surface area contributed by atoms with E-state index in [1.807, 2.05) is 61.5 Å². The molecular formula is C19H25N3O2. The van der Waals surface area contributed by atoms with Crippen molar-refractivity contribution >= 4 is 5.96 Å². The van der Waals surface area contributed by atoms with E-state index in [1.165, 1.54) is 0 Å². The van der Waals surface area contributed by atoms with Crippen LogP contribution in [-0.4, -0.2) is 32.8 Å². The minimum Gasteiger partial charge on any atom is -0.457 e. The van der Waals surface area contributed by atoms with Gasteiger partial charge in [-0.05, 0) is 25.1 Å². The molecule has 2 aromatic rings. The normalized spacial score (nSPS) is 11.2. The van der Waals surface area contributed by atoms with Crippen molar-refractivity contribution in [3.8, 4) is 11.5 Å². The van der Waals surface area contributed by atoms with Crippen molar-refractivity contribution in [3.63, 3.8) is 0 Å². The van der Waals surface area contributed by atoms with E-state index in [2.05, 4.69) is 15.6 Å². The van der Waals surface area contributed by atoms with E-state index >= 15 is 0 Å². The highest BCUT2D eigenvalue weighted by Gasteiger charge is 2.05. The summed E-state index contributed by atoms with van der Waals surface area (Å²) in [5.41, 5.74) is 1.06. The Balaban J connectivity index is 1.92. The van der Waals surface area contributed by atoms with Crippen LogP contribution in [0.5, 0.6) is 11.5 Å². The van der Waals surface area contributed by atoms with Gasteiger partial charge in [0.15, 0.2) is 5.96 Å². The first kappa shape index (κ1) is 17.8. The van der Waals surface area contributed by atoms with E-state index in [0.717, 1.165) is 36.2 Å². The van der Waals surface area contributed by atoms with Crippen LogP contribution in [0.25, 0.3) is 0 Å². The fourth-order valence-corrected chi connectivity index (χ4v) is 2.15. The van der Waals surface area contributed by atoms with Gasteiger partial charge in [0.1, 0.15) is 11.5 Å². The molecule has 5 heteroatoms. The fourth-order valence-electron chi connectivity index (χ4n) is 2.15. The maximum absolute atomic E-state index is 5.97. The van der Waals surface area contributed by atoms with Gasteiger partial charge in [-0.25, -0.2) is 0 Å². The van der Waals surface area contributed by atoms with Gasteiger partial charge in [0.05, 0.1) is 6.61 Å². The monoisotopic (exact) mass is 327 g/mol. The molecular weight excluding hydrogens is 302 g/mol. The van der Waals surface area contributed by atoms with Gasteiger partial charge in [-0.2, -0.15) is 0 Å². The lowest BCUT2D eigenvalue weighted by atomic mass is 10.2. The molecule has 0 atom stereocenters. The van der Waals surface area contributed by atoms with E-state index < -0.39 is 0 Å². The zero-order valence-corrected chi connectivity index (χ0v) is 14.3. The molecule has 0 aliphatic carbocycles. The Morgan fingerprint density at radius 3 is 2.50 bits per heavy atom. The number of hydrogen-bond acceptors (Lipinski definition) is 3. The summed E-state index contributed by atoms with van der Waals surface area (Å²) in [6.07, 6.45) is 0. The predicted molar refractivity (Wildman–Crippen MR) is 97.7 cm³/mol. The molecule has 128 valence electrons. The molecule has 2 N–H and O–H groups in total. The molecule has 24 heavy (non-hydrogen) atoms. The number of guanidine groups is 1. The number of para-hydroxylation sites is 2. The van der Waals surface area contributed by atoms with Crippen molar-refractivity contribution in [1.29, 1.82) is 0 Å². The van der Waals surface area contributed by atoms with Gasteiger partial charge >= 0.3 is 0 Å². The van der Waals surface area contributed by atoms with Crippen LogP contribution < -0.4 is 15.4 Å². The Hall–Kier alpha value is -2.53. The molecule has 0 amide bonds. The lowest BCUT2D eigenvalue weighted by Crippen LogP contribution is -2.38. The van der Waals surface area contributed by atoms with Crippen LogP contribution >= 0.6 is 0 Å². The molecule has 0 fully saturated rings. The van der Waals surface area contributed by atoms with Crippen LogP contribution in [-0.2, 0) is 11.3 Å². The second-order valence-electron chi connectivity index (χ2n) is 5.07. The Bertz CT molecular complexity index is 630. The summed E-state index contributed by atoms with van der Waals surface area (Å²) in [7, 11) is 1.75. The highest BCUT2D eigenvalue weighted by Crippen LogP contribution is 2.24. The standard InChI is InChI=1S/C19H25N3O2/c1-3-23-14-13-21-19(20-2)22-15-16-9-7-8-12-18(16)24-17-10-5-4-6-11-17/h4-12H,3,13-15H2,1-2H3,(H2,20,21,22). The van der Waals surface area contributed by atoms with E-state index in [0.29, 0.717) is 13.2 Å². The zero-order chi connectivity index (χ0) is 17.0. The van der Waals surface area contributed by atoms with Gasteiger partial charge < -0.3 is 20.1 Å². The second-order valence-corrected chi connectivity index (χ2v) is 5.07. The van der Waals surface area contributed by atoms with Gasteiger partial charge in [-0.3, -0.25) is 4.99 Å². The van der Waals surface area contributed by atoms with E-state index in [-0.39, 0.29) is 0 Å². The lowest BCUT2D eigenvalue weighted by Gasteiger charge is -2.14. The van der Waals surface area contributed by atoms with Crippen LogP contribution in [0, 0.1) is 0 Å². The second kappa shape index (κ2) is 10.3. The van der Waals surface area contributed by atoms with Crippen molar-refractivity contribution in [1.82, 2.24) is 10.6 Å². The average molecular weight is 327 g/mol. The first-order valence-corrected chi connectivity index (χ1v) is 8.16.